The van der Waals surface area contributed by atoms with Gasteiger partial charge in [0, 0.05) is 16.0 Å². The van der Waals surface area contributed by atoms with E-state index in [0.717, 1.165) is 10.0 Å². The van der Waals surface area contributed by atoms with Crippen molar-refractivity contribution >= 4 is 15.9 Å². The van der Waals surface area contributed by atoms with Crippen molar-refractivity contribution in [2.75, 3.05) is 6.54 Å². The molecular weight excluding hydrogens is 233 g/mol. The molecule has 1 aromatic carbocycles. The number of nitrogens with two attached hydrogens (primary N) is 1. The molecule has 0 radical (unpaired) electrons. The van der Waals surface area contributed by atoms with Crippen LogP contribution in [-0.2, 0) is 5.67 Å². The number of hydrogen-bond acceptors (Lipinski definition) is 1. The van der Waals surface area contributed by atoms with Gasteiger partial charge in [-0.25, -0.2) is 4.39 Å². The molecule has 0 aromatic heterocycles. The van der Waals surface area contributed by atoms with Crippen LogP contribution in [0.15, 0.2) is 28.7 Å². The first kappa shape index (κ1) is 9.16. The third kappa shape index (κ3) is 1.40. The molecule has 2 atom stereocenters. The van der Waals surface area contributed by atoms with E-state index >= 15 is 0 Å². The van der Waals surface area contributed by atoms with Crippen molar-refractivity contribution in [3.8, 4) is 0 Å². The number of halogens is 2. The lowest BCUT2D eigenvalue weighted by Crippen LogP contribution is -2.10. The lowest BCUT2D eigenvalue weighted by Gasteiger charge is -2.09. The standard InChI is InChI=1S/C10H11BrFN/c11-9-4-2-1-3-8(9)10(12)5-7(10)6-13/h1-4,7H,5-6,13H2/t7-,10-/m0/s1. The fraction of sp³-hybridized carbons (Fsp3) is 0.400. The molecule has 2 N–H and O–H groups in total. The highest BCUT2D eigenvalue weighted by molar-refractivity contribution is 9.10. The van der Waals surface area contributed by atoms with E-state index in [0.29, 0.717) is 13.0 Å². The maximum absolute atomic E-state index is 14.0. The summed E-state index contributed by atoms with van der Waals surface area (Å²) in [6.07, 6.45) is 0.562. The Bertz CT molecular complexity index is 328. The van der Waals surface area contributed by atoms with E-state index < -0.39 is 5.67 Å². The topological polar surface area (TPSA) is 26.0 Å². The molecule has 70 valence electrons. The van der Waals surface area contributed by atoms with Gasteiger partial charge >= 0.3 is 0 Å². The van der Waals surface area contributed by atoms with Crippen LogP contribution in [0.1, 0.15) is 12.0 Å². The quantitative estimate of drug-likeness (QED) is 0.850. The molecule has 1 aromatic rings. The smallest absolute Gasteiger partial charge is 0.141 e. The van der Waals surface area contributed by atoms with Gasteiger partial charge in [0.15, 0.2) is 0 Å². The second-order valence-electron chi connectivity index (χ2n) is 3.48. The van der Waals surface area contributed by atoms with Gasteiger partial charge in [-0.3, -0.25) is 0 Å². The van der Waals surface area contributed by atoms with E-state index in [-0.39, 0.29) is 5.92 Å². The van der Waals surface area contributed by atoms with Crippen LogP contribution in [0.2, 0.25) is 0 Å². The van der Waals surface area contributed by atoms with Gasteiger partial charge in [-0.2, -0.15) is 0 Å². The Morgan fingerprint density at radius 2 is 2.23 bits per heavy atom. The summed E-state index contributed by atoms with van der Waals surface area (Å²) >= 11 is 3.35. The summed E-state index contributed by atoms with van der Waals surface area (Å²) in [7, 11) is 0. The zero-order valence-electron chi connectivity index (χ0n) is 7.13. The monoisotopic (exact) mass is 243 g/mol. The molecule has 1 aliphatic carbocycles. The lowest BCUT2D eigenvalue weighted by atomic mass is 10.1. The zero-order valence-corrected chi connectivity index (χ0v) is 8.72. The summed E-state index contributed by atoms with van der Waals surface area (Å²) in [5.74, 6) is 0.00574. The molecule has 0 aliphatic heterocycles. The van der Waals surface area contributed by atoms with Gasteiger partial charge in [0.05, 0.1) is 0 Å². The minimum absolute atomic E-state index is 0.00574. The maximum atomic E-state index is 14.0. The Morgan fingerprint density at radius 1 is 1.54 bits per heavy atom. The van der Waals surface area contributed by atoms with Crippen LogP contribution in [0.4, 0.5) is 4.39 Å². The number of benzene rings is 1. The minimum Gasteiger partial charge on any atom is -0.330 e. The average molecular weight is 244 g/mol. The predicted molar refractivity (Wildman–Crippen MR) is 54.1 cm³/mol. The Morgan fingerprint density at radius 3 is 2.77 bits per heavy atom. The maximum Gasteiger partial charge on any atom is 0.141 e. The van der Waals surface area contributed by atoms with Crippen molar-refractivity contribution in [1.29, 1.82) is 0 Å². The third-order valence-corrected chi connectivity index (χ3v) is 3.33. The van der Waals surface area contributed by atoms with Gasteiger partial charge in [-0.15, -0.1) is 0 Å². The number of hydrogen-bond donors (Lipinski definition) is 1. The van der Waals surface area contributed by atoms with Crippen molar-refractivity contribution in [2.45, 2.75) is 12.1 Å². The van der Waals surface area contributed by atoms with Gasteiger partial charge in [-0.1, -0.05) is 34.1 Å². The van der Waals surface area contributed by atoms with Crippen molar-refractivity contribution < 1.29 is 4.39 Å². The lowest BCUT2D eigenvalue weighted by molar-refractivity contribution is 0.287. The molecule has 13 heavy (non-hydrogen) atoms. The molecule has 0 bridgehead atoms. The molecule has 2 rings (SSSR count). The van der Waals surface area contributed by atoms with Crippen molar-refractivity contribution in [3.63, 3.8) is 0 Å². The third-order valence-electron chi connectivity index (χ3n) is 2.64. The minimum atomic E-state index is -1.17. The van der Waals surface area contributed by atoms with E-state index in [1.807, 2.05) is 24.3 Å². The van der Waals surface area contributed by atoms with Crippen LogP contribution in [0, 0.1) is 5.92 Å². The highest BCUT2D eigenvalue weighted by Gasteiger charge is 2.56. The molecule has 1 aliphatic rings. The highest BCUT2D eigenvalue weighted by atomic mass is 79.9. The summed E-state index contributed by atoms with van der Waals surface area (Å²) in [5.41, 5.74) is 5.01. The van der Waals surface area contributed by atoms with Crippen molar-refractivity contribution in [1.82, 2.24) is 0 Å². The molecular formula is C10H11BrFN. The Labute approximate surface area is 85.3 Å². The van der Waals surface area contributed by atoms with Gasteiger partial charge in [0.1, 0.15) is 5.67 Å². The number of alkyl halides is 1. The Balaban J connectivity index is 2.32. The van der Waals surface area contributed by atoms with E-state index in [4.69, 9.17) is 5.73 Å². The van der Waals surface area contributed by atoms with Crippen molar-refractivity contribution in [3.05, 3.63) is 34.3 Å². The van der Waals surface area contributed by atoms with Gasteiger partial charge in [0.25, 0.3) is 0 Å². The van der Waals surface area contributed by atoms with E-state index in [1.165, 1.54) is 0 Å². The average Bonchev–Trinajstić information content (AvgIpc) is 2.79. The first-order valence-corrected chi connectivity index (χ1v) is 5.12. The molecule has 0 heterocycles. The van der Waals surface area contributed by atoms with Crippen LogP contribution in [0.25, 0.3) is 0 Å². The van der Waals surface area contributed by atoms with Crippen LogP contribution >= 0.6 is 15.9 Å². The largest absolute Gasteiger partial charge is 0.330 e. The molecule has 1 nitrogen and oxygen atoms in total. The fourth-order valence-electron chi connectivity index (χ4n) is 1.70. The van der Waals surface area contributed by atoms with Crippen molar-refractivity contribution in [2.24, 2.45) is 11.7 Å². The summed E-state index contributed by atoms with van der Waals surface area (Å²) in [6.45, 7) is 0.428. The van der Waals surface area contributed by atoms with Crippen LogP contribution in [-0.4, -0.2) is 6.54 Å². The van der Waals surface area contributed by atoms with Crippen LogP contribution in [0.5, 0.6) is 0 Å². The van der Waals surface area contributed by atoms with Gasteiger partial charge < -0.3 is 5.73 Å². The molecule has 0 spiro atoms. The second kappa shape index (κ2) is 3.07. The molecule has 1 saturated carbocycles. The molecule has 0 amide bonds. The summed E-state index contributed by atoms with van der Waals surface area (Å²) in [5, 5.41) is 0. The molecule has 1 fully saturated rings. The summed E-state index contributed by atoms with van der Waals surface area (Å²) in [4.78, 5) is 0. The first-order chi connectivity index (χ1) is 6.18. The SMILES string of the molecule is NC[C@@H]1C[C@@]1(F)c1ccccc1Br. The second-order valence-corrected chi connectivity index (χ2v) is 4.33. The van der Waals surface area contributed by atoms with E-state index in [1.54, 1.807) is 0 Å². The Hall–Kier alpha value is -0.410. The van der Waals surface area contributed by atoms with Gasteiger partial charge in [-0.05, 0) is 19.0 Å². The first-order valence-electron chi connectivity index (χ1n) is 4.32. The summed E-state index contributed by atoms with van der Waals surface area (Å²) < 4.78 is 14.9. The summed E-state index contributed by atoms with van der Waals surface area (Å²) in [6, 6.07) is 7.42. The molecule has 0 unspecified atom stereocenters. The van der Waals surface area contributed by atoms with Gasteiger partial charge in [0.2, 0.25) is 0 Å². The van der Waals surface area contributed by atoms with Crippen LogP contribution < -0.4 is 5.73 Å². The fourth-order valence-corrected chi connectivity index (χ4v) is 2.31. The Kier molecular flexibility index (Phi) is 2.16. The molecule has 3 heteroatoms. The highest BCUT2D eigenvalue weighted by Crippen LogP contribution is 2.56. The zero-order chi connectivity index (χ0) is 9.47. The van der Waals surface area contributed by atoms with E-state index in [9.17, 15) is 4.39 Å². The number of rotatable bonds is 2. The molecule has 0 saturated heterocycles. The van der Waals surface area contributed by atoms with E-state index in [2.05, 4.69) is 15.9 Å². The predicted octanol–water partition coefficient (Wildman–Crippen LogP) is 2.59. The van der Waals surface area contributed by atoms with Crippen LogP contribution in [0.3, 0.4) is 0 Å². The normalized spacial score (nSPS) is 31.8.